The maximum Gasteiger partial charge on any atom is 0.326 e. The molecule has 0 saturated carbocycles. The molecule has 21 heavy (non-hydrogen) atoms. The van der Waals surface area contributed by atoms with Gasteiger partial charge < -0.3 is 14.8 Å². The Morgan fingerprint density at radius 3 is 2.81 bits per heavy atom. The normalized spacial score (nSPS) is 12.3. The van der Waals surface area contributed by atoms with E-state index in [2.05, 4.69) is 10.3 Å². The summed E-state index contributed by atoms with van der Waals surface area (Å²) in [7, 11) is 0. The number of carbonyl (C=O) groups excluding carboxylic acids is 1. The van der Waals surface area contributed by atoms with E-state index in [0.29, 0.717) is 11.4 Å². The molecule has 0 aliphatic rings. The van der Waals surface area contributed by atoms with Gasteiger partial charge in [-0.2, -0.15) is 0 Å². The first-order valence-corrected chi connectivity index (χ1v) is 7.37. The van der Waals surface area contributed by atoms with E-state index in [-0.39, 0.29) is 11.6 Å². The second-order valence-corrected chi connectivity index (χ2v) is 5.90. The van der Waals surface area contributed by atoms with Crippen LogP contribution in [0.2, 0.25) is 0 Å². The molecule has 1 atom stereocenters. The van der Waals surface area contributed by atoms with Crippen LogP contribution in [0.1, 0.15) is 30.8 Å². The molecule has 2 aromatic rings. The van der Waals surface area contributed by atoms with Gasteiger partial charge in [0.1, 0.15) is 23.0 Å². The summed E-state index contributed by atoms with van der Waals surface area (Å²) in [4.78, 5) is 27.4. The highest BCUT2D eigenvalue weighted by atomic mass is 32.1. The lowest BCUT2D eigenvalue weighted by Gasteiger charge is -2.15. The van der Waals surface area contributed by atoms with Crippen LogP contribution in [0.25, 0.3) is 10.6 Å². The molecule has 6 nitrogen and oxygen atoms in total. The number of thiazole rings is 1. The molecule has 1 amide bonds. The van der Waals surface area contributed by atoms with Gasteiger partial charge in [0.2, 0.25) is 0 Å². The van der Waals surface area contributed by atoms with Crippen LogP contribution in [0.4, 0.5) is 0 Å². The van der Waals surface area contributed by atoms with Crippen molar-refractivity contribution in [3.05, 3.63) is 29.7 Å². The largest absolute Gasteiger partial charge is 0.480 e. The van der Waals surface area contributed by atoms with Crippen LogP contribution in [-0.2, 0) is 4.79 Å². The predicted molar refractivity (Wildman–Crippen MR) is 78.2 cm³/mol. The standard InChI is InChI=1S/C14H16N2O4S/c1-8(2)5-10(14(18)19)15-12(17)11-7-21-13(16-11)9-3-4-20-6-9/h3-4,6-8,10H,5H2,1-2H3,(H,15,17)(H,18,19). The maximum atomic E-state index is 12.1. The van der Waals surface area contributed by atoms with Crippen molar-refractivity contribution in [2.75, 3.05) is 0 Å². The molecule has 0 aliphatic heterocycles. The molecule has 0 bridgehead atoms. The van der Waals surface area contributed by atoms with Gasteiger partial charge in [0.05, 0.1) is 6.26 Å². The van der Waals surface area contributed by atoms with Gasteiger partial charge in [0.15, 0.2) is 0 Å². The topological polar surface area (TPSA) is 92.4 Å². The monoisotopic (exact) mass is 308 g/mol. The lowest BCUT2D eigenvalue weighted by Crippen LogP contribution is -2.41. The van der Waals surface area contributed by atoms with E-state index in [9.17, 15) is 9.59 Å². The summed E-state index contributed by atoms with van der Waals surface area (Å²) in [6.07, 6.45) is 3.44. The average molecular weight is 308 g/mol. The number of rotatable bonds is 6. The molecule has 2 aromatic heterocycles. The first-order valence-electron chi connectivity index (χ1n) is 6.49. The molecule has 0 saturated heterocycles. The quantitative estimate of drug-likeness (QED) is 0.855. The zero-order valence-corrected chi connectivity index (χ0v) is 12.5. The lowest BCUT2D eigenvalue weighted by molar-refractivity contribution is -0.139. The molecule has 1 unspecified atom stereocenters. The molecule has 0 aliphatic carbocycles. The number of aliphatic carboxylic acids is 1. The summed E-state index contributed by atoms with van der Waals surface area (Å²) in [6, 6.07) is 0.843. The van der Waals surface area contributed by atoms with Crippen LogP contribution in [0.3, 0.4) is 0 Å². The second kappa shape index (κ2) is 6.53. The second-order valence-electron chi connectivity index (χ2n) is 5.04. The number of furan rings is 1. The molecule has 0 radical (unpaired) electrons. The highest BCUT2D eigenvalue weighted by Gasteiger charge is 2.23. The van der Waals surface area contributed by atoms with Crippen LogP contribution >= 0.6 is 11.3 Å². The summed E-state index contributed by atoms with van der Waals surface area (Å²) in [5, 5.41) is 13.9. The number of hydrogen-bond acceptors (Lipinski definition) is 5. The van der Waals surface area contributed by atoms with Gasteiger partial charge in [0, 0.05) is 10.9 Å². The third-order valence-electron chi connectivity index (χ3n) is 2.82. The molecule has 0 spiro atoms. The minimum atomic E-state index is -1.04. The Morgan fingerprint density at radius 1 is 1.48 bits per heavy atom. The molecule has 2 N–H and O–H groups in total. The van der Waals surface area contributed by atoms with Crippen molar-refractivity contribution in [3.8, 4) is 10.6 Å². The van der Waals surface area contributed by atoms with E-state index in [1.807, 2.05) is 13.8 Å². The molecular formula is C14H16N2O4S. The number of carbonyl (C=O) groups is 2. The highest BCUT2D eigenvalue weighted by molar-refractivity contribution is 7.13. The van der Waals surface area contributed by atoms with Crippen molar-refractivity contribution < 1.29 is 19.1 Å². The fraction of sp³-hybridized carbons (Fsp3) is 0.357. The Balaban J connectivity index is 2.07. The van der Waals surface area contributed by atoms with Gasteiger partial charge in [0.25, 0.3) is 5.91 Å². The van der Waals surface area contributed by atoms with Gasteiger partial charge in [-0.1, -0.05) is 13.8 Å². The predicted octanol–water partition coefficient (Wildman–Crippen LogP) is 2.63. The fourth-order valence-corrected chi connectivity index (χ4v) is 2.61. The Morgan fingerprint density at radius 2 is 2.24 bits per heavy atom. The van der Waals surface area contributed by atoms with Gasteiger partial charge >= 0.3 is 5.97 Å². The van der Waals surface area contributed by atoms with E-state index in [0.717, 1.165) is 5.56 Å². The molecule has 112 valence electrons. The first-order chi connectivity index (χ1) is 9.97. The molecule has 0 aromatic carbocycles. The molecule has 2 rings (SSSR count). The van der Waals surface area contributed by atoms with Crippen LogP contribution < -0.4 is 5.32 Å². The highest BCUT2D eigenvalue weighted by Crippen LogP contribution is 2.23. The third kappa shape index (κ3) is 3.91. The van der Waals surface area contributed by atoms with Crippen LogP contribution in [0, 0.1) is 5.92 Å². The Labute approximate surface area is 125 Å². The van der Waals surface area contributed by atoms with Crippen molar-refractivity contribution in [3.63, 3.8) is 0 Å². The van der Waals surface area contributed by atoms with E-state index in [4.69, 9.17) is 9.52 Å². The number of carboxylic acids is 1. The zero-order valence-electron chi connectivity index (χ0n) is 11.7. The number of nitrogens with one attached hydrogen (secondary N) is 1. The van der Waals surface area contributed by atoms with Crippen molar-refractivity contribution in [2.24, 2.45) is 5.92 Å². The van der Waals surface area contributed by atoms with E-state index in [1.54, 1.807) is 17.7 Å². The number of nitrogens with zero attached hydrogens (tertiary/aromatic N) is 1. The maximum absolute atomic E-state index is 12.1. The van der Waals surface area contributed by atoms with E-state index in [1.165, 1.54) is 17.6 Å². The molecule has 2 heterocycles. The smallest absolute Gasteiger partial charge is 0.326 e. The minimum Gasteiger partial charge on any atom is -0.480 e. The van der Waals surface area contributed by atoms with E-state index < -0.39 is 17.9 Å². The van der Waals surface area contributed by atoms with Crippen molar-refractivity contribution >= 4 is 23.2 Å². The number of carboxylic acid groups (broad SMARTS) is 1. The van der Waals surface area contributed by atoms with E-state index >= 15 is 0 Å². The summed E-state index contributed by atoms with van der Waals surface area (Å²) >= 11 is 1.31. The first kappa shape index (κ1) is 15.2. The SMILES string of the molecule is CC(C)CC(NC(=O)c1csc(-c2ccoc2)n1)C(=O)O. The van der Waals surface area contributed by atoms with Gasteiger partial charge in [-0.15, -0.1) is 11.3 Å². The average Bonchev–Trinajstić information content (AvgIpc) is 3.08. The summed E-state index contributed by atoms with van der Waals surface area (Å²) in [6.45, 7) is 3.81. The number of amides is 1. The molecular weight excluding hydrogens is 292 g/mol. The van der Waals surface area contributed by atoms with Crippen molar-refractivity contribution in [1.29, 1.82) is 0 Å². The zero-order chi connectivity index (χ0) is 15.4. The Hall–Kier alpha value is -2.15. The number of hydrogen-bond donors (Lipinski definition) is 2. The van der Waals surface area contributed by atoms with Crippen molar-refractivity contribution in [2.45, 2.75) is 26.3 Å². The summed E-state index contributed by atoms with van der Waals surface area (Å²) in [5.74, 6) is -1.35. The van der Waals surface area contributed by atoms with Gasteiger partial charge in [-0.25, -0.2) is 9.78 Å². The minimum absolute atomic E-state index is 0.170. The molecule has 0 fully saturated rings. The molecule has 7 heteroatoms. The summed E-state index contributed by atoms with van der Waals surface area (Å²) < 4.78 is 4.97. The Kier molecular flexibility index (Phi) is 4.74. The van der Waals surface area contributed by atoms with Crippen LogP contribution in [0.5, 0.6) is 0 Å². The van der Waals surface area contributed by atoms with Crippen LogP contribution in [-0.4, -0.2) is 28.0 Å². The lowest BCUT2D eigenvalue weighted by atomic mass is 10.0. The Bertz CT molecular complexity index is 619. The third-order valence-corrected chi connectivity index (χ3v) is 3.71. The van der Waals surface area contributed by atoms with Gasteiger partial charge in [-0.05, 0) is 18.4 Å². The van der Waals surface area contributed by atoms with Crippen LogP contribution in [0.15, 0.2) is 28.4 Å². The fourth-order valence-electron chi connectivity index (χ4n) is 1.82. The van der Waals surface area contributed by atoms with Gasteiger partial charge in [-0.3, -0.25) is 4.79 Å². The summed E-state index contributed by atoms with van der Waals surface area (Å²) in [5.41, 5.74) is 1.00. The number of aromatic nitrogens is 1. The van der Waals surface area contributed by atoms with Crippen molar-refractivity contribution in [1.82, 2.24) is 10.3 Å².